The molecule has 0 radical (unpaired) electrons. The fraction of sp³-hybridized carbons (Fsp3) is 0.643. The van der Waals surface area contributed by atoms with Gasteiger partial charge in [-0.2, -0.15) is 0 Å². The predicted molar refractivity (Wildman–Crippen MR) is 74.5 cm³/mol. The molecule has 1 aliphatic rings. The molecule has 17 heavy (non-hydrogen) atoms. The van der Waals surface area contributed by atoms with Crippen LogP contribution in [0.3, 0.4) is 0 Å². The molecule has 3 heteroatoms. The third kappa shape index (κ3) is 3.02. The second-order valence-corrected chi connectivity index (χ2v) is 5.44. The molecule has 0 spiro atoms. The van der Waals surface area contributed by atoms with Crippen LogP contribution in [0.25, 0.3) is 0 Å². The Morgan fingerprint density at radius 3 is 3.18 bits per heavy atom. The van der Waals surface area contributed by atoms with Crippen LogP contribution in [-0.4, -0.2) is 29.2 Å². The number of rotatable bonds is 5. The number of thioether (sulfide) groups is 1. The summed E-state index contributed by atoms with van der Waals surface area (Å²) < 4.78 is 0. The molecule has 0 aliphatic carbocycles. The van der Waals surface area contributed by atoms with Crippen molar-refractivity contribution in [2.45, 2.75) is 43.7 Å². The molecule has 2 nitrogen and oxygen atoms in total. The minimum atomic E-state index is 0.609. The van der Waals surface area contributed by atoms with Crippen LogP contribution >= 0.6 is 11.8 Å². The number of unbranched alkanes of at least 4 members (excludes halogenated alkanes) is 1. The molecule has 1 aliphatic heterocycles. The van der Waals surface area contributed by atoms with Gasteiger partial charge in [0.1, 0.15) is 5.03 Å². The predicted octanol–water partition coefficient (Wildman–Crippen LogP) is 3.74. The maximum atomic E-state index is 4.49. The van der Waals surface area contributed by atoms with Crippen molar-refractivity contribution in [3.05, 3.63) is 23.9 Å². The number of likely N-dealkylation sites (tertiary alicyclic amines) is 1. The summed E-state index contributed by atoms with van der Waals surface area (Å²) in [4.78, 5) is 7.13. The summed E-state index contributed by atoms with van der Waals surface area (Å²) in [6.45, 7) is 4.76. The zero-order valence-electron chi connectivity index (χ0n) is 10.9. The van der Waals surface area contributed by atoms with Crippen LogP contribution in [0.15, 0.2) is 23.4 Å². The van der Waals surface area contributed by atoms with Gasteiger partial charge < -0.3 is 0 Å². The van der Waals surface area contributed by atoms with Crippen molar-refractivity contribution in [3.8, 4) is 0 Å². The van der Waals surface area contributed by atoms with Gasteiger partial charge in [0, 0.05) is 17.8 Å². The van der Waals surface area contributed by atoms with Gasteiger partial charge in [-0.25, -0.2) is 4.98 Å². The summed E-state index contributed by atoms with van der Waals surface area (Å²) in [6, 6.07) is 4.94. The van der Waals surface area contributed by atoms with Crippen LogP contribution in [-0.2, 0) is 0 Å². The van der Waals surface area contributed by atoms with E-state index in [0.29, 0.717) is 6.04 Å². The van der Waals surface area contributed by atoms with Crippen molar-refractivity contribution in [2.75, 3.05) is 19.3 Å². The Morgan fingerprint density at radius 1 is 1.53 bits per heavy atom. The first kappa shape index (κ1) is 12.9. The van der Waals surface area contributed by atoms with Gasteiger partial charge in [-0.15, -0.1) is 11.8 Å². The molecule has 2 heterocycles. The summed E-state index contributed by atoms with van der Waals surface area (Å²) in [5, 5.41) is 1.21. The Hall–Kier alpha value is -0.540. The zero-order valence-corrected chi connectivity index (χ0v) is 11.7. The van der Waals surface area contributed by atoms with E-state index in [4.69, 9.17) is 0 Å². The monoisotopic (exact) mass is 250 g/mol. The molecule has 0 bridgehead atoms. The molecule has 1 aromatic rings. The number of pyridine rings is 1. The van der Waals surface area contributed by atoms with Crippen LogP contribution in [0.4, 0.5) is 0 Å². The van der Waals surface area contributed by atoms with E-state index in [1.165, 1.54) is 49.4 Å². The average molecular weight is 250 g/mol. The molecule has 0 saturated carbocycles. The molecular weight excluding hydrogens is 228 g/mol. The highest BCUT2D eigenvalue weighted by molar-refractivity contribution is 7.98. The fourth-order valence-electron chi connectivity index (χ4n) is 2.63. The van der Waals surface area contributed by atoms with E-state index in [0.717, 1.165) is 0 Å². The normalized spacial score (nSPS) is 20.9. The maximum absolute atomic E-state index is 4.49. The molecule has 94 valence electrons. The van der Waals surface area contributed by atoms with E-state index in [1.807, 2.05) is 6.20 Å². The average Bonchev–Trinajstić information content (AvgIpc) is 2.84. The first-order valence-corrected chi connectivity index (χ1v) is 7.82. The van der Waals surface area contributed by atoms with Gasteiger partial charge in [-0.05, 0) is 44.7 Å². The van der Waals surface area contributed by atoms with Crippen molar-refractivity contribution >= 4 is 11.8 Å². The number of hydrogen-bond acceptors (Lipinski definition) is 3. The van der Waals surface area contributed by atoms with Gasteiger partial charge in [0.2, 0.25) is 0 Å². The summed E-state index contributed by atoms with van der Waals surface area (Å²) in [5.74, 6) is 0. The van der Waals surface area contributed by atoms with Gasteiger partial charge in [0.15, 0.2) is 0 Å². The van der Waals surface area contributed by atoms with Crippen LogP contribution in [0.2, 0.25) is 0 Å². The highest BCUT2D eigenvalue weighted by Crippen LogP contribution is 2.35. The molecule has 0 N–H and O–H groups in total. The minimum Gasteiger partial charge on any atom is -0.296 e. The van der Waals surface area contributed by atoms with Crippen molar-refractivity contribution in [3.63, 3.8) is 0 Å². The van der Waals surface area contributed by atoms with E-state index in [-0.39, 0.29) is 0 Å². The van der Waals surface area contributed by atoms with Gasteiger partial charge in [-0.3, -0.25) is 4.90 Å². The SMILES string of the molecule is CCCCN1CCCC1c1cccnc1SC. The van der Waals surface area contributed by atoms with Gasteiger partial charge in [-0.1, -0.05) is 19.4 Å². The first-order valence-electron chi connectivity index (χ1n) is 6.59. The van der Waals surface area contributed by atoms with Gasteiger partial charge in [0.05, 0.1) is 0 Å². The topological polar surface area (TPSA) is 16.1 Å². The zero-order chi connectivity index (χ0) is 12.1. The van der Waals surface area contributed by atoms with E-state index in [2.05, 4.69) is 35.2 Å². The Balaban J connectivity index is 2.14. The summed E-state index contributed by atoms with van der Waals surface area (Å²) in [7, 11) is 0. The first-order chi connectivity index (χ1) is 8.36. The molecule has 0 aromatic carbocycles. The summed E-state index contributed by atoms with van der Waals surface area (Å²) in [5.41, 5.74) is 1.44. The Labute approximate surface area is 109 Å². The lowest BCUT2D eigenvalue weighted by atomic mass is 10.1. The van der Waals surface area contributed by atoms with Gasteiger partial charge >= 0.3 is 0 Å². The van der Waals surface area contributed by atoms with Crippen LogP contribution < -0.4 is 0 Å². The van der Waals surface area contributed by atoms with Crippen molar-refractivity contribution in [2.24, 2.45) is 0 Å². The molecule has 0 amide bonds. The van der Waals surface area contributed by atoms with Crippen molar-refractivity contribution in [1.82, 2.24) is 9.88 Å². The molecule has 1 aromatic heterocycles. The Kier molecular flexibility index (Phi) is 4.86. The van der Waals surface area contributed by atoms with Crippen LogP contribution in [0, 0.1) is 0 Å². The lowest BCUT2D eigenvalue weighted by Gasteiger charge is -2.25. The highest BCUT2D eigenvalue weighted by atomic mass is 32.2. The molecule has 2 rings (SSSR count). The molecule has 1 fully saturated rings. The molecule has 1 unspecified atom stereocenters. The van der Waals surface area contributed by atoms with E-state index in [1.54, 1.807) is 11.8 Å². The maximum Gasteiger partial charge on any atom is 0.100 e. The summed E-state index contributed by atoms with van der Waals surface area (Å²) in [6.07, 6.45) is 9.24. The van der Waals surface area contributed by atoms with Crippen LogP contribution in [0.5, 0.6) is 0 Å². The molecule has 1 saturated heterocycles. The highest BCUT2D eigenvalue weighted by Gasteiger charge is 2.27. The largest absolute Gasteiger partial charge is 0.296 e. The van der Waals surface area contributed by atoms with E-state index < -0.39 is 0 Å². The van der Waals surface area contributed by atoms with Crippen molar-refractivity contribution < 1.29 is 0 Å². The lowest BCUT2D eigenvalue weighted by Crippen LogP contribution is -2.24. The Morgan fingerprint density at radius 2 is 2.41 bits per heavy atom. The molecule has 1 atom stereocenters. The van der Waals surface area contributed by atoms with Crippen LogP contribution in [0.1, 0.15) is 44.2 Å². The number of hydrogen-bond donors (Lipinski definition) is 0. The third-order valence-electron chi connectivity index (χ3n) is 3.52. The molecular formula is C14H22N2S. The van der Waals surface area contributed by atoms with Gasteiger partial charge in [0.25, 0.3) is 0 Å². The van der Waals surface area contributed by atoms with Crippen molar-refractivity contribution in [1.29, 1.82) is 0 Å². The second kappa shape index (κ2) is 6.41. The standard InChI is InChI=1S/C14H22N2S/c1-3-4-10-16-11-6-8-13(16)12-7-5-9-15-14(12)17-2/h5,7,9,13H,3-4,6,8,10-11H2,1-2H3. The second-order valence-electron chi connectivity index (χ2n) is 4.65. The fourth-order valence-corrected chi connectivity index (χ4v) is 3.24. The minimum absolute atomic E-state index is 0.609. The summed E-state index contributed by atoms with van der Waals surface area (Å²) >= 11 is 1.77. The number of nitrogens with zero attached hydrogens (tertiary/aromatic N) is 2. The lowest BCUT2D eigenvalue weighted by molar-refractivity contribution is 0.250. The quantitative estimate of drug-likeness (QED) is 0.741. The third-order valence-corrected chi connectivity index (χ3v) is 4.24. The smallest absolute Gasteiger partial charge is 0.100 e. The van der Waals surface area contributed by atoms with E-state index in [9.17, 15) is 0 Å². The van der Waals surface area contributed by atoms with E-state index >= 15 is 0 Å². The number of aromatic nitrogens is 1. The Bertz CT molecular complexity index is 354.